The van der Waals surface area contributed by atoms with E-state index in [1.54, 1.807) is 0 Å². The first-order valence-electron chi connectivity index (χ1n) is 23.4. The largest absolute Gasteiger partial charge is 0.459 e. The molecule has 0 amide bonds. The van der Waals surface area contributed by atoms with E-state index in [2.05, 4.69) is 205 Å². The minimum absolute atomic E-state index is 0.129. The minimum Gasteiger partial charge on any atom is -0.459 e. The lowest BCUT2D eigenvalue weighted by Crippen LogP contribution is -2.42. The molecule has 6 nitrogen and oxygen atoms in total. The zero-order valence-electron chi connectivity index (χ0n) is 38.6. The second-order valence-electron chi connectivity index (χ2n) is 18.9. The van der Waals surface area contributed by atoms with Crippen molar-refractivity contribution in [1.82, 2.24) is 0 Å². The van der Waals surface area contributed by atoms with E-state index in [1.807, 2.05) is 36.4 Å². The van der Waals surface area contributed by atoms with E-state index < -0.39 is 16.8 Å². The Bertz CT molecular complexity index is 2430. The zero-order chi connectivity index (χ0) is 45.5. The predicted molar refractivity (Wildman–Crippen MR) is 266 cm³/mol. The average Bonchev–Trinajstić information content (AvgIpc) is 4.11. The third kappa shape index (κ3) is 7.15. The van der Waals surface area contributed by atoms with Crippen LogP contribution in [0.4, 0.5) is 0 Å². The number of rotatable bonds is 12. The molecule has 3 aliphatic rings. The molecule has 3 atom stereocenters. The molecule has 0 spiro atoms. The highest BCUT2D eigenvalue weighted by Gasteiger charge is 2.54. The van der Waals surface area contributed by atoms with Gasteiger partial charge >= 0.3 is 0 Å². The van der Waals surface area contributed by atoms with Crippen LogP contribution in [0.5, 0.6) is 0 Å². The second kappa shape index (κ2) is 17.4. The summed E-state index contributed by atoms with van der Waals surface area (Å²) in [4.78, 5) is 16.7. The molecule has 3 aliphatic heterocycles. The average molecular weight is 868 g/mol. The molecule has 0 fully saturated rings. The first-order chi connectivity index (χ1) is 32.1. The SMILES string of the molecule is CC(C)[C@@H]1N=C(c2cc(C3=N[C@@H](C(C)C)C(c4ccccc4)(c4ccccc4)O3)cc(C3=N[C@@H](C(C)C)C(c4ccccc4)(c4ccccc4)O3)c2)OC1(c1ccccc1)c1ccccc1. The van der Waals surface area contributed by atoms with Crippen LogP contribution in [0.3, 0.4) is 0 Å². The van der Waals surface area contributed by atoms with Crippen molar-refractivity contribution in [2.45, 2.75) is 76.5 Å². The lowest BCUT2D eigenvalue weighted by atomic mass is 9.76. The van der Waals surface area contributed by atoms with Gasteiger partial charge in [0.05, 0.1) is 0 Å². The molecule has 0 unspecified atom stereocenters. The van der Waals surface area contributed by atoms with Crippen LogP contribution in [0.25, 0.3) is 0 Å². The van der Waals surface area contributed by atoms with Gasteiger partial charge in [0.1, 0.15) is 18.1 Å². The summed E-state index contributed by atoms with van der Waals surface area (Å²) < 4.78 is 22.4. The molecule has 0 radical (unpaired) electrons. The second-order valence-corrected chi connectivity index (χ2v) is 18.9. The van der Waals surface area contributed by atoms with Gasteiger partial charge in [0.2, 0.25) is 17.7 Å². The summed E-state index contributed by atoms with van der Waals surface area (Å²) in [6, 6.07) is 68.8. The Morgan fingerprint density at radius 1 is 0.303 bits per heavy atom. The smallest absolute Gasteiger partial charge is 0.217 e. The molecule has 0 N–H and O–H groups in total. The molecule has 0 bridgehead atoms. The Morgan fingerprint density at radius 2 is 0.485 bits per heavy atom. The number of aliphatic imine (C=N–C) groups is 3. The molecule has 0 saturated carbocycles. The summed E-state index contributed by atoms with van der Waals surface area (Å²) in [7, 11) is 0. The van der Waals surface area contributed by atoms with Gasteiger partial charge in [-0.3, -0.25) is 0 Å². The number of benzene rings is 7. The van der Waals surface area contributed by atoms with Crippen LogP contribution in [0, 0.1) is 17.8 Å². The van der Waals surface area contributed by atoms with Crippen molar-refractivity contribution >= 4 is 17.7 Å². The molecule has 0 aliphatic carbocycles. The highest BCUT2D eigenvalue weighted by molar-refractivity contribution is 6.06. The van der Waals surface area contributed by atoms with Crippen LogP contribution in [0.2, 0.25) is 0 Å². The monoisotopic (exact) mass is 867 g/mol. The van der Waals surface area contributed by atoms with Gasteiger partial charge in [0, 0.05) is 50.1 Å². The van der Waals surface area contributed by atoms with Crippen molar-refractivity contribution in [2.75, 3.05) is 0 Å². The molecule has 6 heteroatoms. The Morgan fingerprint density at radius 3 is 0.652 bits per heavy atom. The van der Waals surface area contributed by atoms with Gasteiger partial charge < -0.3 is 14.2 Å². The van der Waals surface area contributed by atoms with E-state index >= 15 is 0 Å². The number of hydrogen-bond acceptors (Lipinski definition) is 6. The fraction of sp³-hybridized carbons (Fsp3) is 0.250. The van der Waals surface area contributed by atoms with Gasteiger partial charge in [-0.15, -0.1) is 0 Å². The van der Waals surface area contributed by atoms with Crippen LogP contribution < -0.4 is 0 Å². The Labute approximate surface area is 389 Å². The van der Waals surface area contributed by atoms with Gasteiger partial charge in [-0.2, -0.15) is 0 Å². The fourth-order valence-electron chi connectivity index (χ4n) is 10.6. The molecule has 7 aromatic rings. The van der Waals surface area contributed by atoms with Gasteiger partial charge in [-0.25, -0.2) is 15.0 Å². The number of ether oxygens (including phenoxy) is 3. The van der Waals surface area contributed by atoms with Crippen LogP contribution in [0.1, 0.15) is 91.6 Å². The third-order valence-electron chi connectivity index (χ3n) is 13.6. The molecule has 0 aromatic heterocycles. The summed E-state index contributed by atoms with van der Waals surface area (Å²) in [6.45, 7) is 13.3. The fourth-order valence-corrected chi connectivity index (χ4v) is 10.6. The van der Waals surface area contributed by atoms with Gasteiger partial charge in [0.25, 0.3) is 0 Å². The Hall–Kier alpha value is -7.05. The zero-order valence-corrected chi connectivity index (χ0v) is 38.6. The number of nitrogens with zero attached hydrogens (tertiary/aromatic N) is 3. The summed E-state index contributed by atoms with van der Waals surface area (Å²) in [5.74, 6) is 2.00. The lowest BCUT2D eigenvalue weighted by molar-refractivity contribution is 0.0810. The summed E-state index contributed by atoms with van der Waals surface area (Å²) in [5.41, 5.74) is 5.97. The van der Waals surface area contributed by atoms with Crippen LogP contribution in [-0.2, 0) is 31.0 Å². The summed E-state index contributed by atoms with van der Waals surface area (Å²) in [6.07, 6.45) is 0. The lowest BCUT2D eigenvalue weighted by Gasteiger charge is -2.37. The van der Waals surface area contributed by atoms with Crippen molar-refractivity contribution in [1.29, 1.82) is 0 Å². The quantitative estimate of drug-likeness (QED) is 0.123. The van der Waals surface area contributed by atoms with Gasteiger partial charge in [-0.05, 0) is 36.0 Å². The van der Waals surface area contributed by atoms with Crippen molar-refractivity contribution in [3.05, 3.63) is 250 Å². The Balaban J connectivity index is 1.18. The van der Waals surface area contributed by atoms with Gasteiger partial charge in [-0.1, -0.05) is 224 Å². The molecular formula is C60H57N3O3. The molecule has 3 heterocycles. The molecule has 330 valence electrons. The van der Waals surface area contributed by atoms with Crippen molar-refractivity contribution in [3.63, 3.8) is 0 Å². The summed E-state index contributed by atoms with van der Waals surface area (Å²) in [5, 5.41) is 0. The van der Waals surface area contributed by atoms with Crippen LogP contribution in [0.15, 0.2) is 215 Å². The third-order valence-corrected chi connectivity index (χ3v) is 13.6. The Kier molecular flexibility index (Phi) is 11.3. The van der Waals surface area contributed by atoms with E-state index in [1.165, 1.54) is 0 Å². The van der Waals surface area contributed by atoms with E-state index in [4.69, 9.17) is 29.2 Å². The van der Waals surface area contributed by atoms with Gasteiger partial charge in [0.15, 0.2) is 16.8 Å². The maximum Gasteiger partial charge on any atom is 0.217 e. The highest BCUT2D eigenvalue weighted by Crippen LogP contribution is 2.50. The first kappa shape index (κ1) is 42.9. The minimum atomic E-state index is -0.887. The first-order valence-corrected chi connectivity index (χ1v) is 23.4. The van der Waals surface area contributed by atoms with Crippen molar-refractivity contribution < 1.29 is 14.2 Å². The summed E-state index contributed by atoms with van der Waals surface area (Å²) >= 11 is 0. The molecule has 0 saturated heterocycles. The van der Waals surface area contributed by atoms with Crippen molar-refractivity contribution in [2.24, 2.45) is 32.7 Å². The van der Waals surface area contributed by atoms with E-state index in [-0.39, 0.29) is 35.9 Å². The normalized spacial score (nSPS) is 20.3. The topological polar surface area (TPSA) is 64.8 Å². The van der Waals surface area contributed by atoms with Crippen LogP contribution in [-0.4, -0.2) is 35.8 Å². The van der Waals surface area contributed by atoms with E-state index in [0.717, 1.165) is 50.1 Å². The maximum atomic E-state index is 7.48. The maximum absolute atomic E-state index is 7.48. The number of hydrogen-bond donors (Lipinski definition) is 0. The molecular weight excluding hydrogens is 811 g/mol. The highest BCUT2D eigenvalue weighted by atomic mass is 16.5. The van der Waals surface area contributed by atoms with E-state index in [9.17, 15) is 0 Å². The molecule has 7 aromatic carbocycles. The van der Waals surface area contributed by atoms with Crippen molar-refractivity contribution in [3.8, 4) is 0 Å². The predicted octanol–water partition coefficient (Wildman–Crippen LogP) is 12.9. The molecule has 66 heavy (non-hydrogen) atoms. The van der Waals surface area contributed by atoms with Crippen LogP contribution >= 0.6 is 0 Å². The van der Waals surface area contributed by atoms with E-state index in [0.29, 0.717) is 17.7 Å². The standard InChI is InChI=1S/C60H57N3O3/c1-40(2)52-58(46-25-13-7-14-26-46,47-27-15-8-16-28-47)64-55(61-52)43-37-44(56-62-53(41(3)4)59(65-56,48-29-17-9-18-30-48)49-31-19-10-20-32-49)39-45(38-43)57-63-54(42(5)6)60(66-57,50-33-21-11-22-34-50)51-35-23-12-24-36-51/h7-42,52-54H,1-6H3/t52-,53-,54-/m0/s1. The molecule has 10 rings (SSSR count).